The number of nitrogens with zero attached hydrogens (tertiary/aromatic N) is 2. The molecule has 0 saturated heterocycles. The highest BCUT2D eigenvalue weighted by Gasteiger charge is 2.22. The zero-order valence-electron chi connectivity index (χ0n) is 11.3. The largest absolute Gasteiger partial charge is 0.394 e. The molecule has 100 valence electrons. The lowest BCUT2D eigenvalue weighted by Gasteiger charge is -2.25. The Morgan fingerprint density at radius 1 is 1.32 bits per heavy atom. The maximum atomic E-state index is 9.53. The van der Waals surface area contributed by atoms with Gasteiger partial charge >= 0.3 is 0 Å². The molecular formula is C16H20N2O. The van der Waals surface area contributed by atoms with Gasteiger partial charge in [-0.15, -0.1) is 0 Å². The van der Waals surface area contributed by atoms with Gasteiger partial charge in [-0.05, 0) is 31.7 Å². The predicted molar refractivity (Wildman–Crippen MR) is 75.3 cm³/mol. The Balaban J connectivity index is 1.89. The van der Waals surface area contributed by atoms with Crippen LogP contribution in [0.2, 0.25) is 0 Å². The summed E-state index contributed by atoms with van der Waals surface area (Å²) in [4.78, 5) is 4.57. The van der Waals surface area contributed by atoms with Crippen LogP contribution in [0.25, 0.3) is 0 Å². The van der Waals surface area contributed by atoms with Crippen LogP contribution in [-0.4, -0.2) is 21.3 Å². The minimum Gasteiger partial charge on any atom is -0.394 e. The topological polar surface area (TPSA) is 38.0 Å². The molecule has 2 heterocycles. The molecule has 1 atom stereocenters. The molecule has 3 nitrogen and oxygen atoms in total. The van der Waals surface area contributed by atoms with E-state index in [4.69, 9.17) is 0 Å². The lowest BCUT2D eigenvalue weighted by Crippen LogP contribution is -2.22. The molecule has 3 rings (SSSR count). The van der Waals surface area contributed by atoms with Gasteiger partial charge in [-0.3, -0.25) is 0 Å². The van der Waals surface area contributed by atoms with Crippen molar-refractivity contribution in [1.82, 2.24) is 9.55 Å². The lowest BCUT2D eigenvalue weighted by molar-refractivity contribution is 0.204. The quantitative estimate of drug-likeness (QED) is 0.916. The van der Waals surface area contributed by atoms with E-state index in [0.29, 0.717) is 0 Å². The molecule has 0 fully saturated rings. The van der Waals surface area contributed by atoms with Crippen LogP contribution in [0.4, 0.5) is 0 Å². The average molecular weight is 256 g/mol. The standard InChI is InChI=1S/C16H20N2O/c1-12-5-7-13(8-6-12)9-16-17-10-14-3-2-4-15(11-19)18(14)16/h5-8,10,15,19H,2-4,9,11H2,1H3. The molecule has 0 bridgehead atoms. The number of rotatable bonds is 3. The molecule has 1 aliphatic heterocycles. The first kappa shape index (κ1) is 12.4. The fourth-order valence-corrected chi connectivity index (χ4v) is 2.91. The summed E-state index contributed by atoms with van der Waals surface area (Å²) in [5.41, 5.74) is 3.83. The highest BCUT2D eigenvalue weighted by Crippen LogP contribution is 2.27. The Labute approximate surface area is 113 Å². The van der Waals surface area contributed by atoms with Gasteiger partial charge in [0.25, 0.3) is 0 Å². The van der Waals surface area contributed by atoms with Crippen LogP contribution < -0.4 is 0 Å². The lowest BCUT2D eigenvalue weighted by atomic mass is 10.0. The molecule has 0 aliphatic carbocycles. The monoisotopic (exact) mass is 256 g/mol. The first-order valence-corrected chi connectivity index (χ1v) is 6.99. The van der Waals surface area contributed by atoms with Crippen LogP contribution in [0.3, 0.4) is 0 Å². The molecule has 1 aliphatic rings. The zero-order chi connectivity index (χ0) is 13.2. The molecule has 3 heteroatoms. The molecule has 1 aromatic carbocycles. The van der Waals surface area contributed by atoms with Crippen LogP contribution in [-0.2, 0) is 12.8 Å². The number of aliphatic hydroxyl groups excluding tert-OH is 1. The Morgan fingerprint density at radius 2 is 2.11 bits per heavy atom. The van der Waals surface area contributed by atoms with Crippen LogP contribution >= 0.6 is 0 Å². The van der Waals surface area contributed by atoms with Crippen LogP contribution in [0, 0.1) is 6.92 Å². The van der Waals surface area contributed by atoms with Gasteiger partial charge in [0, 0.05) is 18.3 Å². The average Bonchev–Trinajstić information content (AvgIpc) is 2.85. The van der Waals surface area contributed by atoms with Gasteiger partial charge in [-0.1, -0.05) is 29.8 Å². The summed E-state index contributed by atoms with van der Waals surface area (Å²) in [5, 5.41) is 9.53. The molecule has 0 saturated carbocycles. The van der Waals surface area contributed by atoms with Gasteiger partial charge in [0.1, 0.15) is 5.82 Å². The van der Waals surface area contributed by atoms with E-state index in [9.17, 15) is 5.11 Å². The number of hydrogen-bond donors (Lipinski definition) is 1. The summed E-state index contributed by atoms with van der Waals surface area (Å²) < 4.78 is 2.25. The van der Waals surface area contributed by atoms with Crippen molar-refractivity contribution in [3.8, 4) is 0 Å². The summed E-state index contributed by atoms with van der Waals surface area (Å²) in [6.07, 6.45) is 6.11. The summed E-state index contributed by atoms with van der Waals surface area (Å²) in [5.74, 6) is 1.08. The third-order valence-corrected chi connectivity index (χ3v) is 3.98. The predicted octanol–water partition coefficient (Wildman–Crippen LogP) is 2.65. The fourth-order valence-electron chi connectivity index (χ4n) is 2.91. The van der Waals surface area contributed by atoms with E-state index in [1.165, 1.54) is 16.8 Å². The molecule has 19 heavy (non-hydrogen) atoms. The summed E-state index contributed by atoms with van der Waals surface area (Å²) in [6, 6.07) is 8.81. The van der Waals surface area contributed by atoms with Crippen molar-refractivity contribution in [2.45, 2.75) is 38.6 Å². The van der Waals surface area contributed by atoms with Gasteiger partial charge in [-0.25, -0.2) is 4.98 Å². The number of aliphatic hydroxyl groups is 1. The van der Waals surface area contributed by atoms with Crippen molar-refractivity contribution >= 4 is 0 Å². The van der Waals surface area contributed by atoms with E-state index < -0.39 is 0 Å². The second-order valence-corrected chi connectivity index (χ2v) is 5.43. The second kappa shape index (κ2) is 5.17. The van der Waals surface area contributed by atoms with Crippen molar-refractivity contribution in [1.29, 1.82) is 0 Å². The fraction of sp³-hybridized carbons (Fsp3) is 0.438. The van der Waals surface area contributed by atoms with E-state index in [1.54, 1.807) is 0 Å². The van der Waals surface area contributed by atoms with Gasteiger partial charge in [0.05, 0.1) is 12.6 Å². The van der Waals surface area contributed by atoms with E-state index in [-0.39, 0.29) is 12.6 Å². The maximum Gasteiger partial charge on any atom is 0.113 e. The second-order valence-electron chi connectivity index (χ2n) is 5.43. The summed E-state index contributed by atoms with van der Waals surface area (Å²) >= 11 is 0. The number of aryl methyl sites for hydroxylation is 2. The van der Waals surface area contributed by atoms with Crippen molar-refractivity contribution < 1.29 is 5.11 Å². The molecule has 0 radical (unpaired) electrons. The van der Waals surface area contributed by atoms with Gasteiger partial charge in [-0.2, -0.15) is 0 Å². The number of aromatic nitrogens is 2. The molecule has 1 unspecified atom stereocenters. The number of hydrogen-bond acceptors (Lipinski definition) is 2. The first-order valence-electron chi connectivity index (χ1n) is 6.99. The summed E-state index contributed by atoms with van der Waals surface area (Å²) in [7, 11) is 0. The Hall–Kier alpha value is -1.61. The smallest absolute Gasteiger partial charge is 0.113 e. The van der Waals surface area contributed by atoms with Crippen LogP contribution in [0.15, 0.2) is 30.5 Å². The molecule has 0 amide bonds. The maximum absolute atomic E-state index is 9.53. The van der Waals surface area contributed by atoms with Crippen molar-refractivity contribution in [3.05, 3.63) is 53.1 Å². The minimum atomic E-state index is 0.213. The van der Waals surface area contributed by atoms with Crippen molar-refractivity contribution in [2.24, 2.45) is 0 Å². The van der Waals surface area contributed by atoms with Gasteiger partial charge in [0.2, 0.25) is 0 Å². The normalized spacial score (nSPS) is 18.3. The summed E-state index contributed by atoms with van der Waals surface area (Å²) in [6.45, 7) is 2.31. The van der Waals surface area contributed by atoms with Crippen molar-refractivity contribution in [2.75, 3.05) is 6.61 Å². The number of imidazole rings is 1. The Bertz CT molecular complexity index is 557. The van der Waals surface area contributed by atoms with Crippen LogP contribution in [0.5, 0.6) is 0 Å². The van der Waals surface area contributed by atoms with E-state index in [1.807, 2.05) is 6.20 Å². The SMILES string of the molecule is Cc1ccc(Cc2ncc3n2C(CO)CCC3)cc1. The van der Waals surface area contributed by atoms with E-state index in [2.05, 4.69) is 40.7 Å². The zero-order valence-corrected chi connectivity index (χ0v) is 11.3. The highest BCUT2D eigenvalue weighted by atomic mass is 16.3. The highest BCUT2D eigenvalue weighted by molar-refractivity contribution is 5.25. The third kappa shape index (κ3) is 2.43. The molecule has 1 N–H and O–H groups in total. The van der Waals surface area contributed by atoms with E-state index in [0.717, 1.165) is 31.5 Å². The molecule has 2 aromatic rings. The molecular weight excluding hydrogens is 236 g/mol. The third-order valence-electron chi connectivity index (χ3n) is 3.98. The molecule has 1 aromatic heterocycles. The van der Waals surface area contributed by atoms with Crippen LogP contribution in [0.1, 0.15) is 41.5 Å². The van der Waals surface area contributed by atoms with Crippen molar-refractivity contribution in [3.63, 3.8) is 0 Å². The van der Waals surface area contributed by atoms with Gasteiger partial charge < -0.3 is 9.67 Å². The number of fused-ring (bicyclic) bond motifs is 1. The first-order chi connectivity index (χ1) is 9.28. The van der Waals surface area contributed by atoms with E-state index >= 15 is 0 Å². The Morgan fingerprint density at radius 3 is 2.84 bits per heavy atom. The van der Waals surface area contributed by atoms with Gasteiger partial charge in [0.15, 0.2) is 0 Å². The number of benzene rings is 1. The minimum absolute atomic E-state index is 0.213. The molecule has 0 spiro atoms. The Kier molecular flexibility index (Phi) is 3.38.